The van der Waals surface area contributed by atoms with Gasteiger partial charge in [-0.3, -0.25) is 9.59 Å². The first kappa shape index (κ1) is 17.1. The molecule has 0 aliphatic carbocycles. The highest BCUT2D eigenvalue weighted by atomic mass is 32.1. The summed E-state index contributed by atoms with van der Waals surface area (Å²) in [7, 11) is 0. The zero-order valence-corrected chi connectivity index (χ0v) is 15.1. The lowest BCUT2D eigenvalue weighted by molar-refractivity contribution is -0.116. The van der Waals surface area contributed by atoms with Crippen LogP contribution in [0.3, 0.4) is 0 Å². The van der Waals surface area contributed by atoms with Crippen LogP contribution in [-0.4, -0.2) is 22.7 Å². The monoisotopic (exact) mass is 353 g/mol. The Morgan fingerprint density at radius 1 is 1.08 bits per heavy atom. The summed E-state index contributed by atoms with van der Waals surface area (Å²) in [6.07, 6.45) is 0. The number of fused-ring (bicyclic) bond motifs is 1. The number of aryl methyl sites for hydroxylation is 1. The minimum atomic E-state index is -0.404. The average molecular weight is 353 g/mol. The molecule has 6 heteroatoms. The molecule has 0 aliphatic rings. The maximum Gasteiger partial charge on any atom is 0.246 e. The van der Waals surface area contributed by atoms with Gasteiger partial charge in [0.1, 0.15) is 6.04 Å². The Labute approximate surface area is 150 Å². The number of nitrogens with one attached hydrogen (secondary N) is 2. The van der Waals surface area contributed by atoms with Gasteiger partial charge in [0, 0.05) is 16.9 Å². The summed E-state index contributed by atoms with van der Waals surface area (Å²) in [6.45, 7) is 5.30. The smallest absolute Gasteiger partial charge is 0.246 e. The van der Waals surface area contributed by atoms with Crippen LogP contribution in [0.25, 0.3) is 10.2 Å². The van der Waals surface area contributed by atoms with Gasteiger partial charge in [-0.25, -0.2) is 4.98 Å². The molecule has 1 atom stereocenters. The van der Waals surface area contributed by atoms with Crippen LogP contribution >= 0.6 is 11.3 Å². The van der Waals surface area contributed by atoms with Crippen LogP contribution in [0.1, 0.15) is 29.2 Å². The number of benzene rings is 2. The molecule has 3 aromatic rings. The number of Topliss-reactive ketones (excluding diaryl/α,β-unsaturated/α-hetero) is 1. The van der Waals surface area contributed by atoms with Crippen molar-refractivity contribution >= 4 is 44.6 Å². The van der Waals surface area contributed by atoms with E-state index in [1.54, 1.807) is 42.5 Å². The molecular weight excluding hydrogens is 334 g/mol. The highest BCUT2D eigenvalue weighted by molar-refractivity contribution is 7.18. The van der Waals surface area contributed by atoms with Gasteiger partial charge in [0.25, 0.3) is 0 Å². The Kier molecular flexibility index (Phi) is 4.81. The molecule has 1 heterocycles. The Balaban J connectivity index is 1.65. The van der Waals surface area contributed by atoms with Gasteiger partial charge in [0.15, 0.2) is 5.78 Å². The van der Waals surface area contributed by atoms with Crippen LogP contribution in [0.5, 0.6) is 0 Å². The van der Waals surface area contributed by atoms with Crippen molar-refractivity contribution in [1.82, 2.24) is 4.98 Å². The molecule has 0 radical (unpaired) electrons. The molecule has 0 saturated heterocycles. The second kappa shape index (κ2) is 7.03. The summed E-state index contributed by atoms with van der Waals surface area (Å²) in [6, 6.07) is 12.3. The van der Waals surface area contributed by atoms with Gasteiger partial charge in [0.05, 0.1) is 15.2 Å². The third-order valence-corrected chi connectivity index (χ3v) is 4.76. The lowest BCUT2D eigenvalue weighted by Gasteiger charge is -2.15. The maximum absolute atomic E-state index is 12.4. The number of hydrogen-bond acceptors (Lipinski definition) is 5. The molecule has 0 bridgehead atoms. The normalized spacial score (nSPS) is 12.0. The number of nitrogens with zero attached hydrogens (tertiary/aromatic N) is 1. The van der Waals surface area contributed by atoms with Crippen LogP contribution in [0.4, 0.5) is 11.4 Å². The SMILES string of the molecule is CC(=O)c1ccc(NC(=O)[C@@H](C)Nc2ccc3nc(C)sc3c2)cc1. The molecule has 3 rings (SSSR count). The van der Waals surface area contributed by atoms with Crippen molar-refractivity contribution in [3.63, 3.8) is 0 Å². The molecule has 1 amide bonds. The zero-order chi connectivity index (χ0) is 18.0. The fourth-order valence-electron chi connectivity index (χ4n) is 2.48. The van der Waals surface area contributed by atoms with Gasteiger partial charge < -0.3 is 10.6 Å². The molecule has 0 aliphatic heterocycles. The largest absolute Gasteiger partial charge is 0.374 e. The van der Waals surface area contributed by atoms with Crippen molar-refractivity contribution in [3.8, 4) is 0 Å². The summed E-state index contributed by atoms with van der Waals surface area (Å²) in [5.74, 6) is -0.141. The van der Waals surface area contributed by atoms with E-state index >= 15 is 0 Å². The average Bonchev–Trinajstić information content (AvgIpc) is 2.94. The van der Waals surface area contributed by atoms with E-state index < -0.39 is 6.04 Å². The van der Waals surface area contributed by atoms with E-state index in [0.717, 1.165) is 20.9 Å². The predicted molar refractivity (Wildman–Crippen MR) is 103 cm³/mol. The number of aromatic nitrogens is 1. The number of carbonyl (C=O) groups is 2. The molecule has 2 aromatic carbocycles. The van der Waals surface area contributed by atoms with Gasteiger partial charge in [-0.1, -0.05) is 0 Å². The number of hydrogen-bond donors (Lipinski definition) is 2. The quantitative estimate of drug-likeness (QED) is 0.673. The topological polar surface area (TPSA) is 71.1 Å². The minimum absolute atomic E-state index is 0.00149. The van der Waals surface area contributed by atoms with Gasteiger partial charge in [0.2, 0.25) is 5.91 Å². The molecule has 1 aromatic heterocycles. The first-order valence-electron chi connectivity index (χ1n) is 7.98. The van der Waals surface area contributed by atoms with Crippen LogP contribution < -0.4 is 10.6 Å². The van der Waals surface area contributed by atoms with E-state index in [0.29, 0.717) is 11.3 Å². The van der Waals surface area contributed by atoms with Crippen molar-refractivity contribution in [2.24, 2.45) is 0 Å². The Morgan fingerprint density at radius 3 is 2.44 bits per heavy atom. The lowest BCUT2D eigenvalue weighted by Crippen LogP contribution is -2.31. The fraction of sp³-hybridized carbons (Fsp3) is 0.211. The highest BCUT2D eigenvalue weighted by Gasteiger charge is 2.13. The van der Waals surface area contributed by atoms with Gasteiger partial charge >= 0.3 is 0 Å². The standard InChI is InChI=1S/C19H19N3O2S/c1-11(19(24)22-15-6-4-14(5-7-15)12(2)23)20-16-8-9-17-18(10-16)25-13(3)21-17/h4-11,20H,1-3H3,(H,22,24)/t11-/m1/s1. The molecule has 2 N–H and O–H groups in total. The van der Waals surface area contributed by atoms with Crippen molar-refractivity contribution < 1.29 is 9.59 Å². The number of ketones is 1. The molecular formula is C19H19N3O2S. The van der Waals surface area contributed by atoms with Crippen LogP contribution in [-0.2, 0) is 4.79 Å². The first-order valence-corrected chi connectivity index (χ1v) is 8.79. The van der Waals surface area contributed by atoms with Crippen LogP contribution in [0.15, 0.2) is 42.5 Å². The summed E-state index contributed by atoms with van der Waals surface area (Å²) < 4.78 is 1.09. The van der Waals surface area contributed by atoms with E-state index in [4.69, 9.17) is 0 Å². The first-order chi connectivity index (χ1) is 11.9. The van der Waals surface area contributed by atoms with E-state index in [1.165, 1.54) is 6.92 Å². The van der Waals surface area contributed by atoms with Crippen molar-refractivity contribution in [1.29, 1.82) is 0 Å². The van der Waals surface area contributed by atoms with Crippen LogP contribution in [0.2, 0.25) is 0 Å². The van der Waals surface area contributed by atoms with Gasteiger partial charge in [-0.15, -0.1) is 11.3 Å². The van der Waals surface area contributed by atoms with Crippen molar-refractivity contribution in [2.75, 3.05) is 10.6 Å². The van der Waals surface area contributed by atoms with Gasteiger partial charge in [-0.05, 0) is 63.2 Å². The van der Waals surface area contributed by atoms with E-state index in [-0.39, 0.29) is 11.7 Å². The summed E-state index contributed by atoms with van der Waals surface area (Å²) >= 11 is 1.63. The number of anilines is 2. The summed E-state index contributed by atoms with van der Waals surface area (Å²) in [5, 5.41) is 7.07. The van der Waals surface area contributed by atoms with Gasteiger partial charge in [-0.2, -0.15) is 0 Å². The Bertz CT molecular complexity index is 931. The number of thiazole rings is 1. The molecule has 0 fully saturated rings. The Hall–Kier alpha value is -2.73. The van der Waals surface area contributed by atoms with E-state index in [9.17, 15) is 9.59 Å². The second-order valence-electron chi connectivity index (χ2n) is 5.90. The third-order valence-electron chi connectivity index (χ3n) is 3.83. The molecule has 0 unspecified atom stereocenters. The molecule has 0 spiro atoms. The lowest BCUT2D eigenvalue weighted by atomic mass is 10.1. The molecule has 128 valence electrons. The number of rotatable bonds is 5. The number of amides is 1. The highest BCUT2D eigenvalue weighted by Crippen LogP contribution is 2.25. The molecule has 25 heavy (non-hydrogen) atoms. The predicted octanol–water partition coefficient (Wildman–Crippen LogP) is 4.25. The maximum atomic E-state index is 12.4. The molecule has 5 nitrogen and oxygen atoms in total. The number of carbonyl (C=O) groups excluding carboxylic acids is 2. The van der Waals surface area contributed by atoms with E-state index in [2.05, 4.69) is 15.6 Å². The fourth-order valence-corrected chi connectivity index (χ4v) is 3.35. The molecule has 0 saturated carbocycles. The zero-order valence-electron chi connectivity index (χ0n) is 14.3. The van der Waals surface area contributed by atoms with Crippen LogP contribution in [0, 0.1) is 6.92 Å². The van der Waals surface area contributed by atoms with E-state index in [1.807, 2.05) is 25.1 Å². The second-order valence-corrected chi connectivity index (χ2v) is 7.14. The third kappa shape index (κ3) is 4.03. The summed E-state index contributed by atoms with van der Waals surface area (Å²) in [5.41, 5.74) is 3.14. The summed E-state index contributed by atoms with van der Waals surface area (Å²) in [4.78, 5) is 28.1. The van der Waals surface area contributed by atoms with Crippen molar-refractivity contribution in [2.45, 2.75) is 26.8 Å². The minimum Gasteiger partial charge on any atom is -0.374 e. The Morgan fingerprint density at radius 2 is 1.76 bits per heavy atom. The van der Waals surface area contributed by atoms with Crippen molar-refractivity contribution in [3.05, 3.63) is 53.0 Å².